The lowest BCUT2D eigenvalue weighted by atomic mass is 9.79. The van der Waals surface area contributed by atoms with Gasteiger partial charge in [0.2, 0.25) is 5.91 Å². The fourth-order valence-corrected chi connectivity index (χ4v) is 6.38. The van der Waals surface area contributed by atoms with Crippen LogP contribution in [0, 0.1) is 31.1 Å². The van der Waals surface area contributed by atoms with Crippen molar-refractivity contribution in [2.45, 2.75) is 84.8 Å². The Bertz CT molecular complexity index is 1580. The van der Waals surface area contributed by atoms with Crippen LogP contribution in [0.1, 0.15) is 93.4 Å². The summed E-state index contributed by atoms with van der Waals surface area (Å²) in [5.74, 6) is 1.15. The normalized spacial score (nSPS) is 19.8. The first kappa shape index (κ1) is 31.2. The number of piperazine rings is 1. The number of nitrogens with zero attached hydrogens (tertiary/aromatic N) is 6. The molecule has 1 aromatic carbocycles. The van der Waals surface area contributed by atoms with Crippen LogP contribution in [0.2, 0.25) is 0 Å². The largest absolute Gasteiger partial charge is 0.444 e. The second-order valence-electron chi connectivity index (χ2n) is 13.1. The first-order chi connectivity index (χ1) is 20.9. The predicted octanol–water partition coefficient (Wildman–Crippen LogP) is 6.04. The Kier molecular flexibility index (Phi) is 9.05. The number of nitriles is 1. The highest BCUT2D eigenvalue weighted by Crippen LogP contribution is 2.38. The molecule has 10 nitrogen and oxygen atoms in total. The van der Waals surface area contributed by atoms with Crippen LogP contribution < -0.4 is 5.32 Å². The Morgan fingerprint density at radius 3 is 2.36 bits per heavy atom. The smallest absolute Gasteiger partial charge is 0.410 e. The number of anilines is 1. The first-order valence-corrected chi connectivity index (χ1v) is 15.6. The maximum atomic E-state index is 13.4. The molecule has 44 heavy (non-hydrogen) atoms. The van der Waals surface area contributed by atoms with Crippen LogP contribution in [0.25, 0.3) is 10.8 Å². The molecule has 0 spiro atoms. The third-order valence-electron chi connectivity index (χ3n) is 8.92. The average molecular weight is 598 g/mol. The van der Waals surface area contributed by atoms with Crippen molar-refractivity contribution in [3.63, 3.8) is 0 Å². The molecule has 10 heteroatoms. The minimum Gasteiger partial charge on any atom is -0.444 e. The summed E-state index contributed by atoms with van der Waals surface area (Å²) in [6, 6.07) is 10.1. The molecule has 2 aromatic heterocycles. The zero-order valence-electron chi connectivity index (χ0n) is 26.7. The zero-order valence-corrected chi connectivity index (χ0v) is 26.7. The minimum atomic E-state index is -0.532. The van der Waals surface area contributed by atoms with E-state index in [1.54, 1.807) is 4.90 Å². The SMILES string of the molecule is Cc1c(C#N)cccc1[C@@H](C)Nc1nnc(C)c2cnc(C3CCC(C(=O)N4CCN(C(=O)OC(C)(C)C)CC4)CC3)cc12. The Morgan fingerprint density at radius 2 is 1.70 bits per heavy atom. The highest BCUT2D eigenvalue weighted by atomic mass is 16.6. The fraction of sp³-hybridized carbons (Fsp3) is 0.529. The van der Waals surface area contributed by atoms with Gasteiger partial charge in [-0.2, -0.15) is 10.4 Å². The Balaban J connectivity index is 1.23. The van der Waals surface area contributed by atoms with Gasteiger partial charge in [0.05, 0.1) is 23.4 Å². The van der Waals surface area contributed by atoms with Gasteiger partial charge in [0.1, 0.15) is 5.60 Å². The number of nitrogens with one attached hydrogen (secondary N) is 1. The van der Waals surface area contributed by atoms with Gasteiger partial charge in [0, 0.05) is 60.7 Å². The number of pyridine rings is 1. The molecule has 5 rings (SSSR count). The van der Waals surface area contributed by atoms with Gasteiger partial charge in [-0.1, -0.05) is 12.1 Å². The summed E-state index contributed by atoms with van der Waals surface area (Å²) in [6.45, 7) is 13.6. The number of amides is 2. The molecule has 1 aliphatic carbocycles. The van der Waals surface area contributed by atoms with Crippen LogP contribution in [-0.2, 0) is 9.53 Å². The van der Waals surface area contributed by atoms with E-state index in [1.165, 1.54) is 0 Å². The highest BCUT2D eigenvalue weighted by molar-refractivity contribution is 5.93. The fourth-order valence-electron chi connectivity index (χ4n) is 6.38. The summed E-state index contributed by atoms with van der Waals surface area (Å²) in [7, 11) is 0. The van der Waals surface area contributed by atoms with E-state index in [9.17, 15) is 14.9 Å². The molecule has 1 saturated carbocycles. The van der Waals surface area contributed by atoms with Gasteiger partial charge in [-0.25, -0.2) is 4.79 Å². The summed E-state index contributed by atoms with van der Waals surface area (Å²) >= 11 is 0. The van der Waals surface area contributed by atoms with Crippen molar-refractivity contribution < 1.29 is 14.3 Å². The Hall–Kier alpha value is -4.26. The molecule has 1 N–H and O–H groups in total. The third-order valence-corrected chi connectivity index (χ3v) is 8.92. The lowest BCUT2D eigenvalue weighted by molar-refractivity contribution is -0.138. The molecule has 3 heterocycles. The van der Waals surface area contributed by atoms with E-state index in [2.05, 4.69) is 34.6 Å². The van der Waals surface area contributed by atoms with Gasteiger partial charge in [-0.3, -0.25) is 9.78 Å². The number of hydrogen-bond donors (Lipinski definition) is 1. The first-order valence-electron chi connectivity index (χ1n) is 15.6. The van der Waals surface area contributed by atoms with Crippen molar-refractivity contribution in [2.75, 3.05) is 31.5 Å². The van der Waals surface area contributed by atoms with Crippen molar-refractivity contribution in [1.29, 1.82) is 5.26 Å². The maximum absolute atomic E-state index is 13.4. The maximum Gasteiger partial charge on any atom is 0.410 e. The van der Waals surface area contributed by atoms with Crippen molar-refractivity contribution in [2.24, 2.45) is 5.92 Å². The number of aromatic nitrogens is 3. The molecule has 0 bridgehead atoms. The van der Waals surface area contributed by atoms with E-state index in [-0.39, 0.29) is 29.9 Å². The molecule has 2 fully saturated rings. The Morgan fingerprint density at radius 1 is 1.02 bits per heavy atom. The monoisotopic (exact) mass is 597 g/mol. The van der Waals surface area contributed by atoms with Crippen LogP contribution in [0.15, 0.2) is 30.5 Å². The standard InChI is InChI=1S/C34H43N7O3/c1-21-26(19-35)8-7-9-27(21)22(2)37-31-28-18-30(36-20-29(28)23(3)38-39-31)24-10-12-25(13-11-24)32(42)40-14-16-41(17-15-40)33(43)44-34(4,5)6/h7-9,18,20,22,24-25H,10-17H2,1-6H3,(H,37,39)/t22-,24?,25?/m1/s1. The molecule has 2 amide bonds. The molecule has 0 radical (unpaired) electrons. The summed E-state index contributed by atoms with van der Waals surface area (Å²) in [4.78, 5) is 34.2. The van der Waals surface area contributed by atoms with E-state index in [0.717, 1.165) is 59.0 Å². The number of ether oxygens (including phenoxy) is 1. The number of rotatable bonds is 5. The topological polar surface area (TPSA) is 124 Å². The van der Waals surface area contributed by atoms with Gasteiger partial charge in [0.25, 0.3) is 0 Å². The van der Waals surface area contributed by atoms with Crippen molar-refractivity contribution in [3.8, 4) is 6.07 Å². The molecule has 1 atom stereocenters. The van der Waals surface area contributed by atoms with Crippen LogP contribution >= 0.6 is 0 Å². The van der Waals surface area contributed by atoms with Crippen LogP contribution in [0.5, 0.6) is 0 Å². The lowest BCUT2D eigenvalue weighted by Crippen LogP contribution is -2.53. The summed E-state index contributed by atoms with van der Waals surface area (Å²) in [5.41, 5.74) is 3.97. The summed E-state index contributed by atoms with van der Waals surface area (Å²) < 4.78 is 5.49. The quantitative estimate of drug-likeness (QED) is 0.378. The van der Waals surface area contributed by atoms with Crippen molar-refractivity contribution in [1.82, 2.24) is 25.0 Å². The number of carbonyl (C=O) groups is 2. The van der Waals surface area contributed by atoms with E-state index in [4.69, 9.17) is 9.72 Å². The summed E-state index contributed by atoms with van der Waals surface area (Å²) in [6.07, 6.45) is 5.01. The third kappa shape index (κ3) is 6.77. The summed E-state index contributed by atoms with van der Waals surface area (Å²) in [5, 5.41) is 23.8. The minimum absolute atomic E-state index is 0.00150. The van der Waals surface area contributed by atoms with Gasteiger partial charge in [0.15, 0.2) is 5.82 Å². The molecule has 0 unspecified atom stereocenters. The van der Waals surface area contributed by atoms with Gasteiger partial charge >= 0.3 is 6.09 Å². The van der Waals surface area contributed by atoms with E-state index in [0.29, 0.717) is 37.6 Å². The highest BCUT2D eigenvalue weighted by Gasteiger charge is 2.33. The number of fused-ring (bicyclic) bond motifs is 1. The molecule has 2 aliphatic rings. The second-order valence-corrected chi connectivity index (χ2v) is 13.1. The molecular formula is C34H43N7O3. The number of hydrogen-bond acceptors (Lipinski definition) is 8. The molecular weight excluding hydrogens is 554 g/mol. The van der Waals surface area contributed by atoms with Gasteiger partial charge < -0.3 is 19.9 Å². The molecule has 1 saturated heterocycles. The Labute approximate surface area is 259 Å². The molecule has 232 valence electrons. The van der Waals surface area contributed by atoms with E-state index in [1.807, 2.05) is 63.9 Å². The van der Waals surface area contributed by atoms with Crippen molar-refractivity contribution in [3.05, 3.63) is 58.5 Å². The predicted molar refractivity (Wildman–Crippen MR) is 169 cm³/mol. The second kappa shape index (κ2) is 12.8. The van der Waals surface area contributed by atoms with E-state index >= 15 is 0 Å². The lowest BCUT2D eigenvalue weighted by Gasteiger charge is -2.38. The van der Waals surface area contributed by atoms with E-state index < -0.39 is 5.60 Å². The number of aryl methyl sites for hydroxylation is 1. The number of benzene rings is 1. The van der Waals surface area contributed by atoms with Crippen molar-refractivity contribution >= 4 is 28.6 Å². The van der Waals surface area contributed by atoms with Crippen LogP contribution in [-0.4, -0.2) is 68.8 Å². The zero-order chi connectivity index (χ0) is 31.6. The molecule has 1 aliphatic heterocycles. The average Bonchev–Trinajstić information content (AvgIpc) is 3.01. The van der Waals surface area contributed by atoms with Crippen LogP contribution in [0.3, 0.4) is 0 Å². The molecule has 3 aromatic rings. The van der Waals surface area contributed by atoms with Gasteiger partial charge in [-0.05, 0) is 90.5 Å². The van der Waals surface area contributed by atoms with Gasteiger partial charge in [-0.15, -0.1) is 5.10 Å². The number of carbonyl (C=O) groups excluding carboxylic acids is 2. The van der Waals surface area contributed by atoms with Crippen LogP contribution in [0.4, 0.5) is 10.6 Å².